The molecule has 102 valence electrons. The van der Waals surface area contributed by atoms with Crippen LogP contribution < -0.4 is 11.1 Å². The smallest absolute Gasteiger partial charge is 0.256 e. The minimum atomic E-state index is -0.254. The van der Waals surface area contributed by atoms with E-state index in [9.17, 15) is 4.79 Å². The molecule has 0 spiro atoms. The number of rotatable bonds is 2. The second kappa shape index (κ2) is 6.29. The summed E-state index contributed by atoms with van der Waals surface area (Å²) in [6.07, 6.45) is 4.54. The van der Waals surface area contributed by atoms with Crippen LogP contribution in [0.3, 0.4) is 0 Å². The zero-order chi connectivity index (χ0) is 14.5. The first-order valence-electron chi connectivity index (χ1n) is 5.86. The highest BCUT2D eigenvalue weighted by Crippen LogP contribution is 2.18. The quantitative estimate of drug-likeness (QED) is 0.653. The van der Waals surface area contributed by atoms with E-state index >= 15 is 0 Å². The Hall–Kier alpha value is -2.21. The van der Waals surface area contributed by atoms with E-state index in [1.165, 1.54) is 12.3 Å². The van der Waals surface area contributed by atoms with Crippen LogP contribution in [0.4, 0.5) is 0 Å². The molecule has 0 bridgehead atoms. The molecular formula is C14H13BrN4O. The van der Waals surface area contributed by atoms with Gasteiger partial charge in [-0.05, 0) is 46.4 Å². The van der Waals surface area contributed by atoms with Gasteiger partial charge >= 0.3 is 0 Å². The summed E-state index contributed by atoms with van der Waals surface area (Å²) in [6, 6.07) is 7.27. The molecular weight excluding hydrogens is 320 g/mol. The number of aliphatic imine (C=N–C) groups is 1. The number of nitrogens with two attached hydrogens (primary N) is 1. The number of aromatic nitrogens is 1. The Balaban J connectivity index is 2.29. The number of fused-ring (bicyclic) bond motifs is 1. The van der Waals surface area contributed by atoms with Crippen LogP contribution in [0, 0.1) is 0 Å². The molecule has 0 unspecified atom stereocenters. The summed E-state index contributed by atoms with van der Waals surface area (Å²) in [5.74, 6) is 0.150. The highest BCUT2D eigenvalue weighted by molar-refractivity contribution is 9.10. The lowest BCUT2D eigenvalue weighted by atomic mass is 10.1. The van der Waals surface area contributed by atoms with Crippen LogP contribution in [0.5, 0.6) is 0 Å². The van der Waals surface area contributed by atoms with Crippen molar-refractivity contribution >= 4 is 38.6 Å². The Morgan fingerprint density at radius 2 is 2.25 bits per heavy atom. The van der Waals surface area contributed by atoms with Gasteiger partial charge in [-0.1, -0.05) is 6.07 Å². The molecule has 5 nitrogen and oxygen atoms in total. The van der Waals surface area contributed by atoms with E-state index < -0.39 is 0 Å². The number of nitrogens with zero attached hydrogens (tertiary/aromatic N) is 2. The molecule has 20 heavy (non-hydrogen) atoms. The minimum absolute atomic E-state index is 0.254. The maximum absolute atomic E-state index is 12.1. The molecule has 0 saturated carbocycles. The van der Waals surface area contributed by atoms with Crippen molar-refractivity contribution in [3.8, 4) is 0 Å². The Morgan fingerprint density at radius 1 is 1.45 bits per heavy atom. The summed E-state index contributed by atoms with van der Waals surface area (Å²) in [4.78, 5) is 20.3. The fraction of sp³-hybridized carbons (Fsp3) is 0.0714. The number of amides is 1. The Kier molecular flexibility index (Phi) is 4.47. The first-order chi connectivity index (χ1) is 9.63. The van der Waals surface area contributed by atoms with E-state index in [4.69, 9.17) is 5.73 Å². The van der Waals surface area contributed by atoms with Crippen LogP contribution in [-0.4, -0.2) is 23.8 Å². The predicted molar refractivity (Wildman–Crippen MR) is 83.6 cm³/mol. The van der Waals surface area contributed by atoms with Gasteiger partial charge in [0.05, 0.1) is 5.52 Å². The van der Waals surface area contributed by atoms with Gasteiger partial charge in [0, 0.05) is 28.7 Å². The van der Waals surface area contributed by atoms with Gasteiger partial charge in [0.15, 0.2) is 0 Å². The van der Waals surface area contributed by atoms with Gasteiger partial charge in [0.25, 0.3) is 5.91 Å². The van der Waals surface area contributed by atoms with E-state index in [1.807, 2.05) is 12.1 Å². The molecule has 2 rings (SSSR count). The molecule has 1 aromatic carbocycles. The molecule has 6 heteroatoms. The average molecular weight is 333 g/mol. The van der Waals surface area contributed by atoms with Gasteiger partial charge in [-0.25, -0.2) is 0 Å². The molecule has 3 N–H and O–H groups in total. The standard InChI is InChI=1S/C14H13BrN4O/c1-17-13(4-5-16)19-14(20)10-3-2-9-6-11(15)8-18-12(9)7-10/h2-8H,16H2,1H3,(H,17,19,20). The van der Waals surface area contributed by atoms with Gasteiger partial charge in [-0.15, -0.1) is 0 Å². The van der Waals surface area contributed by atoms with Crippen LogP contribution in [0.1, 0.15) is 10.4 Å². The molecule has 0 aliphatic rings. The van der Waals surface area contributed by atoms with E-state index in [-0.39, 0.29) is 5.91 Å². The van der Waals surface area contributed by atoms with E-state index in [0.717, 1.165) is 15.4 Å². The minimum Gasteiger partial charge on any atom is -0.404 e. The van der Waals surface area contributed by atoms with E-state index in [2.05, 4.69) is 31.2 Å². The van der Waals surface area contributed by atoms with Gasteiger partial charge < -0.3 is 11.1 Å². The summed E-state index contributed by atoms with van der Waals surface area (Å²) in [7, 11) is 1.58. The molecule has 0 aliphatic heterocycles. The predicted octanol–water partition coefficient (Wildman–Crippen LogP) is 2.23. The fourth-order valence-electron chi connectivity index (χ4n) is 1.69. The number of pyridine rings is 1. The summed E-state index contributed by atoms with van der Waals surface area (Å²) in [5.41, 5.74) is 6.55. The third-order valence-corrected chi connectivity index (χ3v) is 3.08. The monoisotopic (exact) mass is 332 g/mol. The molecule has 0 aliphatic carbocycles. The molecule has 0 atom stereocenters. The second-order valence-electron chi connectivity index (χ2n) is 3.98. The average Bonchev–Trinajstić information content (AvgIpc) is 2.46. The summed E-state index contributed by atoms with van der Waals surface area (Å²) in [6.45, 7) is 0. The van der Waals surface area contributed by atoms with Crippen LogP contribution in [-0.2, 0) is 0 Å². The highest BCUT2D eigenvalue weighted by atomic mass is 79.9. The number of hydrogen-bond donors (Lipinski definition) is 2. The van der Waals surface area contributed by atoms with Crippen molar-refractivity contribution < 1.29 is 4.79 Å². The maximum atomic E-state index is 12.1. The lowest BCUT2D eigenvalue weighted by molar-refractivity contribution is 0.0977. The first kappa shape index (κ1) is 14.2. The lowest BCUT2D eigenvalue weighted by Crippen LogP contribution is -2.29. The SMILES string of the molecule is CN=C(C=CN)NC(=O)c1ccc2cc(Br)cnc2c1. The molecule has 2 aromatic rings. The zero-order valence-corrected chi connectivity index (χ0v) is 12.4. The third-order valence-electron chi connectivity index (χ3n) is 2.65. The third kappa shape index (κ3) is 3.21. The molecule has 1 aromatic heterocycles. The molecule has 0 saturated heterocycles. The lowest BCUT2D eigenvalue weighted by Gasteiger charge is -2.05. The maximum Gasteiger partial charge on any atom is 0.256 e. The van der Waals surface area contributed by atoms with Crippen molar-refractivity contribution in [2.75, 3.05) is 7.05 Å². The number of halogens is 1. The summed E-state index contributed by atoms with van der Waals surface area (Å²) >= 11 is 3.36. The fourth-order valence-corrected chi connectivity index (χ4v) is 2.04. The van der Waals surface area contributed by atoms with Crippen LogP contribution >= 0.6 is 15.9 Å². The molecule has 1 amide bonds. The molecule has 1 heterocycles. The largest absolute Gasteiger partial charge is 0.404 e. The van der Waals surface area contributed by atoms with Crippen LogP contribution in [0.15, 0.2) is 52.2 Å². The molecule has 0 radical (unpaired) electrons. The van der Waals surface area contributed by atoms with Crippen molar-refractivity contribution in [3.63, 3.8) is 0 Å². The highest BCUT2D eigenvalue weighted by Gasteiger charge is 2.08. The Labute approximate surface area is 124 Å². The van der Waals surface area contributed by atoms with Crippen molar-refractivity contribution in [2.24, 2.45) is 10.7 Å². The van der Waals surface area contributed by atoms with E-state index in [0.29, 0.717) is 11.4 Å². The second-order valence-corrected chi connectivity index (χ2v) is 4.90. The van der Waals surface area contributed by atoms with Gasteiger partial charge in [-0.3, -0.25) is 14.8 Å². The van der Waals surface area contributed by atoms with Crippen molar-refractivity contribution in [1.29, 1.82) is 0 Å². The van der Waals surface area contributed by atoms with Gasteiger partial charge in [0.1, 0.15) is 5.84 Å². The topological polar surface area (TPSA) is 80.4 Å². The number of nitrogens with one attached hydrogen (secondary N) is 1. The zero-order valence-electron chi connectivity index (χ0n) is 10.8. The molecule has 0 fully saturated rings. The number of amidine groups is 1. The van der Waals surface area contributed by atoms with Crippen LogP contribution in [0.2, 0.25) is 0 Å². The summed E-state index contributed by atoms with van der Waals surface area (Å²) in [5, 5.41) is 3.63. The van der Waals surface area contributed by atoms with Gasteiger partial charge in [0.2, 0.25) is 0 Å². The Bertz CT molecular complexity index is 709. The van der Waals surface area contributed by atoms with Crippen molar-refractivity contribution in [2.45, 2.75) is 0 Å². The van der Waals surface area contributed by atoms with Crippen molar-refractivity contribution in [1.82, 2.24) is 10.3 Å². The summed E-state index contributed by atoms with van der Waals surface area (Å²) < 4.78 is 0.899. The number of benzene rings is 1. The van der Waals surface area contributed by atoms with Crippen molar-refractivity contribution in [3.05, 3.63) is 52.8 Å². The first-order valence-corrected chi connectivity index (χ1v) is 6.65. The van der Waals surface area contributed by atoms with E-state index in [1.54, 1.807) is 25.4 Å². The number of hydrogen-bond acceptors (Lipinski definition) is 4. The van der Waals surface area contributed by atoms with Crippen LogP contribution in [0.25, 0.3) is 10.9 Å². The number of carbonyl (C=O) groups excluding carboxylic acids is 1. The van der Waals surface area contributed by atoms with Gasteiger partial charge in [-0.2, -0.15) is 0 Å². The normalized spacial score (nSPS) is 12.0. The Morgan fingerprint density at radius 3 is 2.95 bits per heavy atom. The number of carbonyl (C=O) groups is 1.